The second-order valence-electron chi connectivity index (χ2n) is 5.31. The van der Waals surface area contributed by atoms with Crippen LogP contribution in [0.3, 0.4) is 0 Å². The Bertz CT molecular complexity index is 494. The van der Waals surface area contributed by atoms with Crippen molar-refractivity contribution in [3.63, 3.8) is 0 Å². The van der Waals surface area contributed by atoms with Crippen molar-refractivity contribution >= 4 is 0 Å². The molecule has 0 N–H and O–H groups in total. The average molecular weight is 261 g/mol. The lowest BCUT2D eigenvalue weighted by Gasteiger charge is -2.18. The van der Waals surface area contributed by atoms with E-state index < -0.39 is 5.79 Å². The summed E-state index contributed by atoms with van der Waals surface area (Å²) >= 11 is 0. The minimum Gasteiger partial charge on any atom is -0.490 e. The molecule has 4 heteroatoms. The standard InChI is InChI=1S/C15H19NO3/c1-10-5-12(7-16)6-11(2)14(10)17-8-13-9-18-15(3,4)19-13/h5-6,13H,8-9H2,1-4H3/t13-/m0/s1. The molecule has 0 amide bonds. The van der Waals surface area contributed by atoms with Crippen LogP contribution in [0, 0.1) is 25.2 Å². The first kappa shape index (κ1) is 13.9. The Morgan fingerprint density at radius 1 is 1.37 bits per heavy atom. The highest BCUT2D eigenvalue weighted by Gasteiger charge is 2.33. The lowest BCUT2D eigenvalue weighted by molar-refractivity contribution is -0.141. The lowest BCUT2D eigenvalue weighted by Crippen LogP contribution is -2.25. The number of ether oxygens (including phenoxy) is 3. The van der Waals surface area contributed by atoms with Gasteiger partial charge >= 0.3 is 0 Å². The second-order valence-corrected chi connectivity index (χ2v) is 5.31. The van der Waals surface area contributed by atoms with Gasteiger partial charge in [0.05, 0.1) is 18.2 Å². The van der Waals surface area contributed by atoms with E-state index in [0.717, 1.165) is 16.9 Å². The minimum absolute atomic E-state index is 0.0514. The number of hydrogen-bond acceptors (Lipinski definition) is 4. The highest BCUT2D eigenvalue weighted by atomic mass is 16.7. The molecular formula is C15H19NO3. The van der Waals surface area contributed by atoms with Gasteiger partial charge < -0.3 is 14.2 Å². The van der Waals surface area contributed by atoms with Crippen LogP contribution in [0.2, 0.25) is 0 Å². The topological polar surface area (TPSA) is 51.5 Å². The number of hydrogen-bond donors (Lipinski definition) is 0. The summed E-state index contributed by atoms with van der Waals surface area (Å²) in [6.07, 6.45) is -0.0514. The number of rotatable bonds is 3. The maximum atomic E-state index is 8.91. The summed E-state index contributed by atoms with van der Waals surface area (Å²) in [5, 5.41) is 8.91. The van der Waals surface area contributed by atoms with Crippen LogP contribution in [0.5, 0.6) is 5.75 Å². The fraction of sp³-hybridized carbons (Fsp3) is 0.533. The highest BCUT2D eigenvalue weighted by Crippen LogP contribution is 2.27. The molecule has 4 nitrogen and oxygen atoms in total. The van der Waals surface area contributed by atoms with Gasteiger partial charge in [-0.25, -0.2) is 0 Å². The van der Waals surface area contributed by atoms with E-state index in [1.165, 1.54) is 0 Å². The van der Waals surface area contributed by atoms with E-state index in [1.807, 2.05) is 39.8 Å². The zero-order valence-corrected chi connectivity index (χ0v) is 11.8. The first-order valence-corrected chi connectivity index (χ1v) is 6.37. The SMILES string of the molecule is Cc1cc(C#N)cc(C)c1OC[C@H]1COC(C)(C)O1. The first-order valence-electron chi connectivity index (χ1n) is 6.37. The minimum atomic E-state index is -0.525. The summed E-state index contributed by atoms with van der Waals surface area (Å²) in [6, 6.07) is 5.81. The molecule has 0 spiro atoms. The monoisotopic (exact) mass is 261 g/mol. The molecule has 0 unspecified atom stereocenters. The van der Waals surface area contributed by atoms with E-state index in [4.69, 9.17) is 19.5 Å². The van der Waals surface area contributed by atoms with Crippen molar-refractivity contribution in [2.75, 3.05) is 13.2 Å². The lowest BCUT2D eigenvalue weighted by atomic mass is 10.1. The van der Waals surface area contributed by atoms with Crippen LogP contribution >= 0.6 is 0 Å². The molecule has 2 rings (SSSR count). The Morgan fingerprint density at radius 3 is 2.47 bits per heavy atom. The summed E-state index contributed by atoms with van der Waals surface area (Å²) in [4.78, 5) is 0. The summed E-state index contributed by atoms with van der Waals surface area (Å²) in [7, 11) is 0. The molecule has 1 heterocycles. The number of benzene rings is 1. The zero-order chi connectivity index (χ0) is 14.0. The van der Waals surface area contributed by atoms with Gasteiger partial charge in [-0.05, 0) is 51.0 Å². The number of nitrogens with zero attached hydrogens (tertiary/aromatic N) is 1. The zero-order valence-electron chi connectivity index (χ0n) is 11.8. The van der Waals surface area contributed by atoms with Gasteiger partial charge in [0.1, 0.15) is 18.5 Å². The molecule has 1 aromatic rings. The van der Waals surface area contributed by atoms with Gasteiger partial charge in [0, 0.05) is 0 Å². The van der Waals surface area contributed by atoms with Crippen LogP contribution in [-0.4, -0.2) is 25.1 Å². The first-order chi connectivity index (χ1) is 8.91. The van der Waals surface area contributed by atoms with E-state index in [2.05, 4.69) is 6.07 Å². The van der Waals surface area contributed by atoms with E-state index in [1.54, 1.807) is 0 Å². The van der Waals surface area contributed by atoms with Crippen LogP contribution in [0.1, 0.15) is 30.5 Å². The Hall–Kier alpha value is -1.57. The van der Waals surface area contributed by atoms with E-state index >= 15 is 0 Å². The molecule has 0 aliphatic carbocycles. The normalized spacial score (nSPS) is 21.1. The van der Waals surface area contributed by atoms with Crippen molar-refractivity contribution in [3.8, 4) is 11.8 Å². The van der Waals surface area contributed by atoms with Crippen LogP contribution in [0.15, 0.2) is 12.1 Å². The van der Waals surface area contributed by atoms with E-state index in [9.17, 15) is 0 Å². The molecule has 1 aromatic carbocycles. The number of nitriles is 1. The highest BCUT2D eigenvalue weighted by molar-refractivity contribution is 5.47. The van der Waals surface area contributed by atoms with Gasteiger partial charge in [-0.2, -0.15) is 5.26 Å². The van der Waals surface area contributed by atoms with Crippen molar-refractivity contribution in [2.45, 2.75) is 39.6 Å². The molecule has 102 valence electrons. The quantitative estimate of drug-likeness (QED) is 0.839. The second kappa shape index (κ2) is 5.20. The molecule has 0 bridgehead atoms. The van der Waals surface area contributed by atoms with Crippen molar-refractivity contribution in [2.24, 2.45) is 0 Å². The Labute approximate surface area is 113 Å². The molecular weight excluding hydrogens is 242 g/mol. The fourth-order valence-corrected chi connectivity index (χ4v) is 2.26. The summed E-state index contributed by atoms with van der Waals surface area (Å²) in [5.74, 6) is 0.301. The van der Waals surface area contributed by atoms with Gasteiger partial charge in [-0.15, -0.1) is 0 Å². The predicted molar refractivity (Wildman–Crippen MR) is 71.0 cm³/mol. The molecule has 1 atom stereocenters. The van der Waals surface area contributed by atoms with Crippen LogP contribution in [-0.2, 0) is 9.47 Å². The Kier molecular flexibility index (Phi) is 3.79. The Balaban J connectivity index is 2.03. The van der Waals surface area contributed by atoms with Gasteiger partial charge in [-0.1, -0.05) is 0 Å². The molecule has 1 aliphatic heterocycles. The molecule has 0 saturated carbocycles. The largest absolute Gasteiger partial charge is 0.490 e. The molecule has 1 saturated heterocycles. The molecule has 19 heavy (non-hydrogen) atoms. The van der Waals surface area contributed by atoms with Gasteiger partial charge in [0.2, 0.25) is 0 Å². The average Bonchev–Trinajstić information content (AvgIpc) is 2.67. The van der Waals surface area contributed by atoms with Gasteiger partial charge in [0.15, 0.2) is 5.79 Å². The van der Waals surface area contributed by atoms with E-state index in [-0.39, 0.29) is 6.10 Å². The predicted octanol–water partition coefficient (Wildman–Crippen LogP) is 2.71. The third kappa shape index (κ3) is 3.25. The Morgan fingerprint density at radius 2 is 2.00 bits per heavy atom. The number of aryl methyl sites for hydroxylation is 2. The van der Waals surface area contributed by atoms with Crippen molar-refractivity contribution < 1.29 is 14.2 Å². The maximum Gasteiger partial charge on any atom is 0.163 e. The summed E-state index contributed by atoms with van der Waals surface area (Å²) in [6.45, 7) is 8.67. The fourth-order valence-electron chi connectivity index (χ4n) is 2.26. The van der Waals surface area contributed by atoms with Crippen LogP contribution in [0.25, 0.3) is 0 Å². The smallest absolute Gasteiger partial charge is 0.163 e. The molecule has 1 fully saturated rings. The van der Waals surface area contributed by atoms with Crippen LogP contribution in [0.4, 0.5) is 0 Å². The molecule has 0 radical (unpaired) electrons. The van der Waals surface area contributed by atoms with Crippen molar-refractivity contribution in [1.82, 2.24) is 0 Å². The van der Waals surface area contributed by atoms with Crippen LogP contribution < -0.4 is 4.74 Å². The third-order valence-electron chi connectivity index (χ3n) is 3.07. The summed E-state index contributed by atoms with van der Waals surface area (Å²) < 4.78 is 17.0. The molecule has 0 aromatic heterocycles. The van der Waals surface area contributed by atoms with Crippen molar-refractivity contribution in [3.05, 3.63) is 28.8 Å². The van der Waals surface area contributed by atoms with Gasteiger partial charge in [0.25, 0.3) is 0 Å². The van der Waals surface area contributed by atoms with Crippen molar-refractivity contribution in [1.29, 1.82) is 5.26 Å². The maximum absolute atomic E-state index is 8.91. The van der Waals surface area contributed by atoms with Gasteiger partial charge in [-0.3, -0.25) is 0 Å². The van der Waals surface area contributed by atoms with E-state index in [0.29, 0.717) is 18.8 Å². The molecule has 1 aliphatic rings. The summed E-state index contributed by atoms with van der Waals surface area (Å²) in [5.41, 5.74) is 2.59. The third-order valence-corrected chi connectivity index (χ3v) is 3.07.